The third kappa shape index (κ3) is 2.55. The summed E-state index contributed by atoms with van der Waals surface area (Å²) in [5.41, 5.74) is 6.63. The van der Waals surface area contributed by atoms with E-state index >= 15 is 0 Å². The number of hydrogen-bond acceptors (Lipinski definition) is 7. The van der Waals surface area contributed by atoms with E-state index in [0.29, 0.717) is 29.3 Å². The second-order valence-electron chi connectivity index (χ2n) is 8.26. The number of carbonyl (C=O) groups is 1. The van der Waals surface area contributed by atoms with Gasteiger partial charge >= 0.3 is 0 Å². The number of likely N-dealkylation sites (N-methyl/N-ethyl adjacent to an activating group) is 1. The molecule has 2 aliphatic heterocycles. The summed E-state index contributed by atoms with van der Waals surface area (Å²) >= 11 is 0. The largest absolute Gasteiger partial charge is 0.485 e. The first-order valence-electron chi connectivity index (χ1n) is 9.49. The number of hydrogen-bond donors (Lipinski definition) is 1. The first-order chi connectivity index (χ1) is 13.4. The zero-order valence-corrected chi connectivity index (χ0v) is 15.9. The van der Waals surface area contributed by atoms with Gasteiger partial charge in [-0.2, -0.15) is 0 Å². The number of aliphatic imine (C=N–C) groups is 1. The van der Waals surface area contributed by atoms with E-state index in [4.69, 9.17) is 10.5 Å². The number of rotatable bonds is 3. The van der Waals surface area contributed by atoms with Gasteiger partial charge in [-0.3, -0.25) is 14.7 Å². The lowest BCUT2D eigenvalue weighted by Gasteiger charge is -2.43. The Morgan fingerprint density at radius 3 is 2.68 bits per heavy atom. The van der Waals surface area contributed by atoms with Crippen LogP contribution in [0, 0.1) is 5.92 Å². The molecule has 2 atom stereocenters. The van der Waals surface area contributed by atoms with E-state index in [1.165, 1.54) is 24.1 Å². The maximum Gasteiger partial charge on any atom is 0.261 e. The van der Waals surface area contributed by atoms with Crippen LogP contribution in [-0.2, 0) is 10.3 Å². The molecular weight excluding hydrogens is 356 g/mol. The molecule has 1 unspecified atom stereocenters. The Labute approximate surface area is 162 Å². The SMILES string of the molecule is CN1C(=O)C2(C[C@@](C)(CC3CC3)Oc3cnc(-c4cncnc4)cc32)N=C1N. The van der Waals surface area contributed by atoms with Gasteiger partial charge < -0.3 is 10.5 Å². The molecule has 28 heavy (non-hydrogen) atoms. The van der Waals surface area contributed by atoms with E-state index in [1.54, 1.807) is 25.6 Å². The van der Waals surface area contributed by atoms with Crippen molar-refractivity contribution in [3.8, 4) is 17.0 Å². The minimum absolute atomic E-state index is 0.127. The Hall–Kier alpha value is -3.03. The minimum Gasteiger partial charge on any atom is -0.485 e. The van der Waals surface area contributed by atoms with Crippen LogP contribution in [0.5, 0.6) is 5.75 Å². The van der Waals surface area contributed by atoms with E-state index in [0.717, 1.165) is 12.0 Å². The zero-order chi connectivity index (χ0) is 19.5. The molecule has 1 spiro atoms. The average molecular weight is 378 g/mol. The van der Waals surface area contributed by atoms with Gasteiger partial charge in [0.2, 0.25) is 0 Å². The summed E-state index contributed by atoms with van der Waals surface area (Å²) in [7, 11) is 1.66. The average Bonchev–Trinajstić information content (AvgIpc) is 3.46. The summed E-state index contributed by atoms with van der Waals surface area (Å²) in [5, 5.41) is 0. The molecule has 5 rings (SSSR count). The van der Waals surface area contributed by atoms with Gasteiger partial charge in [-0.1, -0.05) is 12.8 Å². The molecule has 1 aliphatic carbocycles. The Kier molecular flexibility index (Phi) is 3.50. The van der Waals surface area contributed by atoms with Crippen LogP contribution in [0.3, 0.4) is 0 Å². The van der Waals surface area contributed by atoms with Crippen LogP contribution in [-0.4, -0.2) is 44.4 Å². The maximum absolute atomic E-state index is 13.3. The summed E-state index contributed by atoms with van der Waals surface area (Å²) < 4.78 is 6.39. The molecule has 8 heteroatoms. The Morgan fingerprint density at radius 1 is 1.29 bits per heavy atom. The number of nitrogens with two attached hydrogens (primary N) is 1. The van der Waals surface area contributed by atoms with Gasteiger partial charge in [0.1, 0.15) is 17.7 Å². The van der Waals surface area contributed by atoms with Crippen molar-refractivity contribution in [1.82, 2.24) is 19.9 Å². The van der Waals surface area contributed by atoms with Crippen LogP contribution < -0.4 is 10.5 Å². The van der Waals surface area contributed by atoms with E-state index < -0.39 is 11.1 Å². The molecule has 0 saturated heterocycles. The highest BCUT2D eigenvalue weighted by Gasteiger charge is 2.57. The monoisotopic (exact) mass is 378 g/mol. The number of aromatic nitrogens is 3. The first kappa shape index (κ1) is 17.1. The van der Waals surface area contributed by atoms with Crippen molar-refractivity contribution in [2.24, 2.45) is 16.6 Å². The Bertz CT molecular complexity index is 989. The van der Waals surface area contributed by atoms with Gasteiger partial charge in [-0.15, -0.1) is 0 Å². The number of pyridine rings is 1. The standard InChI is InChI=1S/C20H22N6O2/c1-19(6-12-3-4-12)10-20(17(27)26(2)18(21)25-20)14-5-15(24-9-16(14)28-19)13-7-22-11-23-8-13/h5,7-9,11-12H,3-4,6,10H2,1-2H3,(H2,21,25)/t19-,20?/m1/s1. The Morgan fingerprint density at radius 2 is 2.04 bits per heavy atom. The third-order valence-electron chi connectivity index (χ3n) is 5.88. The molecule has 2 N–H and O–H groups in total. The quantitative estimate of drug-likeness (QED) is 0.874. The van der Waals surface area contributed by atoms with Crippen LogP contribution in [0.25, 0.3) is 11.3 Å². The van der Waals surface area contributed by atoms with E-state index in [9.17, 15) is 4.79 Å². The van der Waals surface area contributed by atoms with Gasteiger partial charge in [-0.05, 0) is 25.3 Å². The van der Waals surface area contributed by atoms with E-state index in [1.807, 2.05) is 6.07 Å². The van der Waals surface area contributed by atoms with Gasteiger partial charge in [0, 0.05) is 37.0 Å². The molecule has 2 aromatic rings. The predicted molar refractivity (Wildman–Crippen MR) is 102 cm³/mol. The van der Waals surface area contributed by atoms with Gasteiger partial charge in [0.05, 0.1) is 11.9 Å². The highest BCUT2D eigenvalue weighted by Crippen LogP contribution is 2.52. The molecule has 144 valence electrons. The highest BCUT2D eigenvalue weighted by atomic mass is 16.5. The molecule has 0 bridgehead atoms. The lowest BCUT2D eigenvalue weighted by Crippen LogP contribution is -2.50. The third-order valence-corrected chi connectivity index (χ3v) is 5.88. The van der Waals surface area contributed by atoms with Crippen molar-refractivity contribution in [2.75, 3.05) is 7.05 Å². The molecule has 1 amide bonds. The number of fused-ring (bicyclic) bond motifs is 2. The normalized spacial score (nSPS) is 28.9. The van der Waals surface area contributed by atoms with Gasteiger partial charge in [-0.25, -0.2) is 15.0 Å². The van der Waals surface area contributed by atoms with Crippen LogP contribution in [0.2, 0.25) is 0 Å². The first-order valence-corrected chi connectivity index (χ1v) is 9.49. The van der Waals surface area contributed by atoms with Crippen LogP contribution >= 0.6 is 0 Å². The lowest BCUT2D eigenvalue weighted by atomic mass is 9.75. The minimum atomic E-state index is -1.08. The lowest BCUT2D eigenvalue weighted by molar-refractivity contribution is -0.134. The highest BCUT2D eigenvalue weighted by molar-refractivity contribution is 6.07. The van der Waals surface area contributed by atoms with Crippen molar-refractivity contribution in [3.05, 3.63) is 36.5 Å². The number of ether oxygens (including phenoxy) is 1. The van der Waals surface area contributed by atoms with E-state index in [-0.39, 0.29) is 11.9 Å². The fourth-order valence-corrected chi connectivity index (χ4v) is 4.41. The predicted octanol–water partition coefficient (Wildman–Crippen LogP) is 1.86. The number of amides is 1. The number of guanidine groups is 1. The summed E-state index contributed by atoms with van der Waals surface area (Å²) in [6, 6.07) is 1.86. The molecule has 2 aromatic heterocycles. The molecule has 0 aromatic carbocycles. The van der Waals surface area contributed by atoms with Crippen molar-refractivity contribution in [2.45, 2.75) is 43.7 Å². The summed E-state index contributed by atoms with van der Waals surface area (Å²) in [6.07, 6.45) is 10.3. The number of carbonyl (C=O) groups excluding carboxylic acids is 1. The zero-order valence-electron chi connectivity index (χ0n) is 15.9. The summed E-state index contributed by atoms with van der Waals surface area (Å²) in [4.78, 5) is 32.1. The molecule has 4 heterocycles. The molecule has 3 aliphatic rings. The van der Waals surface area contributed by atoms with Crippen LogP contribution in [0.15, 0.2) is 36.0 Å². The second-order valence-corrected chi connectivity index (χ2v) is 8.26. The molecule has 1 saturated carbocycles. The summed E-state index contributed by atoms with van der Waals surface area (Å²) in [5.74, 6) is 1.34. The molecule has 1 fully saturated rings. The van der Waals surface area contributed by atoms with Crippen molar-refractivity contribution in [3.63, 3.8) is 0 Å². The molecular formula is C20H22N6O2. The fourth-order valence-electron chi connectivity index (χ4n) is 4.41. The van der Waals surface area contributed by atoms with Gasteiger partial charge in [0.25, 0.3) is 5.91 Å². The second kappa shape index (κ2) is 5.73. The van der Waals surface area contributed by atoms with Crippen LogP contribution in [0.4, 0.5) is 0 Å². The maximum atomic E-state index is 13.3. The van der Waals surface area contributed by atoms with Crippen molar-refractivity contribution < 1.29 is 9.53 Å². The Balaban J connectivity index is 1.66. The molecule has 0 radical (unpaired) electrons. The fraction of sp³-hybridized carbons (Fsp3) is 0.450. The van der Waals surface area contributed by atoms with E-state index in [2.05, 4.69) is 26.9 Å². The topological polar surface area (TPSA) is 107 Å². The van der Waals surface area contributed by atoms with Crippen molar-refractivity contribution >= 4 is 11.9 Å². The summed E-state index contributed by atoms with van der Waals surface area (Å²) in [6.45, 7) is 2.06. The van der Waals surface area contributed by atoms with Crippen molar-refractivity contribution in [1.29, 1.82) is 0 Å². The number of nitrogens with zero attached hydrogens (tertiary/aromatic N) is 5. The molecule has 8 nitrogen and oxygen atoms in total. The van der Waals surface area contributed by atoms with Crippen LogP contribution in [0.1, 0.15) is 38.2 Å². The smallest absolute Gasteiger partial charge is 0.261 e. The van der Waals surface area contributed by atoms with Gasteiger partial charge in [0.15, 0.2) is 11.5 Å².